The maximum atomic E-state index is 13.0. The van der Waals surface area contributed by atoms with E-state index in [0.717, 1.165) is 22.8 Å². The second-order valence-corrected chi connectivity index (χ2v) is 6.25. The van der Waals surface area contributed by atoms with Gasteiger partial charge in [-0.05, 0) is 55.7 Å². The fourth-order valence-corrected chi connectivity index (χ4v) is 2.41. The van der Waals surface area contributed by atoms with Crippen molar-refractivity contribution in [2.45, 2.75) is 33.3 Å². The zero-order chi connectivity index (χ0) is 18.6. The summed E-state index contributed by atoms with van der Waals surface area (Å²) >= 11 is 5.86. The van der Waals surface area contributed by atoms with Crippen LogP contribution in [0.4, 0.5) is 10.1 Å². The molecular formula is C19H19ClFNO3. The van der Waals surface area contributed by atoms with Crippen molar-refractivity contribution < 1.29 is 18.7 Å². The van der Waals surface area contributed by atoms with Crippen LogP contribution in [0.5, 0.6) is 0 Å². The molecule has 2 aromatic rings. The van der Waals surface area contributed by atoms with Gasteiger partial charge in [0.1, 0.15) is 5.82 Å². The SMILES string of the molecule is Cc1ccc(CC(=O)O[C@H](C)C(=O)Nc2ccc(F)cc2Cl)cc1C. The van der Waals surface area contributed by atoms with Crippen molar-refractivity contribution in [1.29, 1.82) is 0 Å². The fraction of sp³-hybridized carbons (Fsp3) is 0.263. The normalized spacial score (nSPS) is 11.7. The second kappa shape index (κ2) is 8.12. The van der Waals surface area contributed by atoms with Crippen LogP contribution >= 0.6 is 11.6 Å². The Morgan fingerprint density at radius 3 is 2.52 bits per heavy atom. The number of benzene rings is 2. The Labute approximate surface area is 150 Å². The van der Waals surface area contributed by atoms with Gasteiger partial charge in [-0.15, -0.1) is 0 Å². The fourth-order valence-electron chi connectivity index (χ4n) is 2.20. The van der Waals surface area contributed by atoms with Gasteiger partial charge in [0.25, 0.3) is 5.91 Å². The van der Waals surface area contributed by atoms with Gasteiger partial charge in [0.15, 0.2) is 6.10 Å². The van der Waals surface area contributed by atoms with Crippen LogP contribution in [0.3, 0.4) is 0 Å². The van der Waals surface area contributed by atoms with Gasteiger partial charge in [0.05, 0.1) is 17.1 Å². The van der Waals surface area contributed by atoms with E-state index in [4.69, 9.17) is 16.3 Å². The summed E-state index contributed by atoms with van der Waals surface area (Å²) in [4.78, 5) is 24.1. The Balaban J connectivity index is 1.93. The molecule has 0 aliphatic carbocycles. The van der Waals surface area contributed by atoms with Crippen LogP contribution in [0, 0.1) is 19.7 Å². The van der Waals surface area contributed by atoms with Crippen molar-refractivity contribution in [3.63, 3.8) is 0 Å². The highest BCUT2D eigenvalue weighted by atomic mass is 35.5. The van der Waals surface area contributed by atoms with Gasteiger partial charge in [0, 0.05) is 0 Å². The van der Waals surface area contributed by atoms with E-state index in [1.807, 2.05) is 32.0 Å². The molecule has 0 heterocycles. The van der Waals surface area contributed by atoms with Crippen molar-refractivity contribution in [3.8, 4) is 0 Å². The molecule has 2 rings (SSSR count). The van der Waals surface area contributed by atoms with Crippen LogP contribution < -0.4 is 5.32 Å². The number of carbonyl (C=O) groups excluding carboxylic acids is 2. The third kappa shape index (κ3) is 5.29. The van der Waals surface area contributed by atoms with Crippen molar-refractivity contribution in [2.75, 3.05) is 5.32 Å². The number of hydrogen-bond donors (Lipinski definition) is 1. The summed E-state index contributed by atoms with van der Waals surface area (Å²) in [7, 11) is 0. The molecular weight excluding hydrogens is 345 g/mol. The second-order valence-electron chi connectivity index (χ2n) is 5.84. The number of aryl methyl sites for hydroxylation is 2. The van der Waals surface area contributed by atoms with Crippen LogP contribution in [0.2, 0.25) is 5.02 Å². The van der Waals surface area contributed by atoms with Crippen LogP contribution in [0.25, 0.3) is 0 Å². The Hall–Kier alpha value is -2.40. The third-order valence-corrected chi connectivity index (χ3v) is 4.10. The van der Waals surface area contributed by atoms with Gasteiger partial charge >= 0.3 is 5.97 Å². The number of rotatable bonds is 5. The van der Waals surface area contributed by atoms with E-state index in [1.165, 1.54) is 19.1 Å². The van der Waals surface area contributed by atoms with Gasteiger partial charge in [-0.2, -0.15) is 0 Å². The molecule has 0 spiro atoms. The first kappa shape index (κ1) is 18.9. The van der Waals surface area contributed by atoms with Crippen LogP contribution in [0.15, 0.2) is 36.4 Å². The maximum absolute atomic E-state index is 13.0. The Bertz CT molecular complexity index is 807. The summed E-state index contributed by atoms with van der Waals surface area (Å²) in [5.74, 6) is -1.55. The molecule has 132 valence electrons. The molecule has 0 unspecified atom stereocenters. The minimum Gasteiger partial charge on any atom is -0.452 e. The number of carbonyl (C=O) groups is 2. The highest BCUT2D eigenvalue weighted by Gasteiger charge is 2.19. The molecule has 1 amide bonds. The molecule has 2 aromatic carbocycles. The Kier molecular flexibility index (Phi) is 6.15. The number of hydrogen-bond acceptors (Lipinski definition) is 3. The largest absolute Gasteiger partial charge is 0.452 e. The summed E-state index contributed by atoms with van der Waals surface area (Å²) < 4.78 is 18.2. The highest BCUT2D eigenvalue weighted by Crippen LogP contribution is 2.22. The summed E-state index contributed by atoms with van der Waals surface area (Å²) in [6.07, 6.45) is -0.920. The zero-order valence-electron chi connectivity index (χ0n) is 14.2. The lowest BCUT2D eigenvalue weighted by atomic mass is 10.0. The lowest BCUT2D eigenvalue weighted by molar-refractivity contribution is -0.152. The average molecular weight is 364 g/mol. The number of nitrogens with one attached hydrogen (secondary N) is 1. The highest BCUT2D eigenvalue weighted by molar-refractivity contribution is 6.33. The van der Waals surface area contributed by atoms with E-state index in [1.54, 1.807) is 0 Å². The van der Waals surface area contributed by atoms with Gasteiger partial charge in [-0.3, -0.25) is 9.59 Å². The van der Waals surface area contributed by atoms with E-state index in [2.05, 4.69) is 5.32 Å². The first-order valence-corrected chi connectivity index (χ1v) is 8.15. The summed E-state index contributed by atoms with van der Waals surface area (Å²) in [5.41, 5.74) is 3.30. The molecule has 4 nitrogen and oxygen atoms in total. The Morgan fingerprint density at radius 1 is 1.16 bits per heavy atom. The molecule has 0 aliphatic heterocycles. The van der Waals surface area contributed by atoms with E-state index in [-0.39, 0.29) is 17.1 Å². The summed E-state index contributed by atoms with van der Waals surface area (Å²) in [5, 5.41) is 2.58. The molecule has 0 saturated heterocycles. The van der Waals surface area contributed by atoms with Crippen LogP contribution in [-0.2, 0) is 20.7 Å². The van der Waals surface area contributed by atoms with Gasteiger partial charge in [-0.25, -0.2) is 4.39 Å². The molecule has 0 aromatic heterocycles. The van der Waals surface area contributed by atoms with E-state index >= 15 is 0 Å². The van der Waals surface area contributed by atoms with Crippen LogP contribution in [-0.4, -0.2) is 18.0 Å². The molecule has 1 atom stereocenters. The van der Waals surface area contributed by atoms with E-state index < -0.39 is 23.8 Å². The zero-order valence-corrected chi connectivity index (χ0v) is 15.0. The minimum absolute atomic E-state index is 0.0713. The van der Waals surface area contributed by atoms with Crippen molar-refractivity contribution in [2.24, 2.45) is 0 Å². The van der Waals surface area contributed by atoms with Crippen molar-refractivity contribution in [3.05, 3.63) is 63.9 Å². The molecule has 1 N–H and O–H groups in total. The first-order valence-electron chi connectivity index (χ1n) is 7.78. The molecule has 0 fully saturated rings. The Morgan fingerprint density at radius 2 is 1.88 bits per heavy atom. The molecule has 0 bridgehead atoms. The first-order chi connectivity index (χ1) is 11.8. The number of esters is 1. The van der Waals surface area contributed by atoms with Gasteiger partial charge in [-0.1, -0.05) is 29.8 Å². The number of halogens is 2. The predicted molar refractivity (Wildman–Crippen MR) is 95.2 cm³/mol. The molecule has 0 saturated carbocycles. The maximum Gasteiger partial charge on any atom is 0.311 e. The number of amides is 1. The minimum atomic E-state index is -1.000. The molecule has 6 heteroatoms. The van der Waals surface area contributed by atoms with Gasteiger partial charge < -0.3 is 10.1 Å². The van der Waals surface area contributed by atoms with Crippen molar-refractivity contribution in [1.82, 2.24) is 0 Å². The molecule has 0 radical (unpaired) electrons. The predicted octanol–water partition coefficient (Wildman–Crippen LogP) is 4.21. The standard InChI is InChI=1S/C19H19ClFNO3/c1-11-4-5-14(8-12(11)2)9-18(23)25-13(3)19(24)22-17-7-6-15(21)10-16(17)20/h4-8,10,13H,9H2,1-3H3,(H,22,24)/t13-/m1/s1. The van der Waals surface area contributed by atoms with E-state index in [9.17, 15) is 14.0 Å². The third-order valence-electron chi connectivity index (χ3n) is 3.79. The summed E-state index contributed by atoms with van der Waals surface area (Å²) in [6.45, 7) is 5.42. The molecule has 25 heavy (non-hydrogen) atoms. The van der Waals surface area contributed by atoms with E-state index in [0.29, 0.717) is 0 Å². The number of anilines is 1. The van der Waals surface area contributed by atoms with Gasteiger partial charge in [0.2, 0.25) is 0 Å². The summed E-state index contributed by atoms with van der Waals surface area (Å²) in [6, 6.07) is 9.32. The van der Waals surface area contributed by atoms with Crippen LogP contribution in [0.1, 0.15) is 23.6 Å². The smallest absolute Gasteiger partial charge is 0.311 e. The quantitative estimate of drug-likeness (QED) is 0.809. The monoisotopic (exact) mass is 363 g/mol. The number of ether oxygens (including phenoxy) is 1. The lowest BCUT2D eigenvalue weighted by Gasteiger charge is -2.14. The molecule has 0 aliphatic rings. The van der Waals surface area contributed by atoms with Crippen molar-refractivity contribution >= 4 is 29.2 Å². The lowest BCUT2D eigenvalue weighted by Crippen LogP contribution is -2.30. The topological polar surface area (TPSA) is 55.4 Å². The average Bonchev–Trinajstić information content (AvgIpc) is 2.53.